The molecule has 4 atom stereocenters. The number of unbranched alkanes of at least 4 members (excludes halogenated alkanes) is 1. The van der Waals surface area contributed by atoms with Crippen LogP contribution in [0, 0.1) is 12.3 Å². The Hall–Kier alpha value is -0.320. The van der Waals surface area contributed by atoms with Gasteiger partial charge in [0.1, 0.15) is 12.7 Å². The third-order valence-electron chi connectivity index (χ3n) is 3.10. The van der Waals surface area contributed by atoms with Gasteiger partial charge in [-0.3, -0.25) is 0 Å². The SMILES string of the molecule is C#CCO[C@@H]1[C@@H](OC(=S)SC)[C@H](OC)O[C@@H]1CCCC. The van der Waals surface area contributed by atoms with Crippen molar-refractivity contribution in [3.63, 3.8) is 0 Å². The predicted octanol–water partition coefficient (Wildman–Crippen LogP) is 2.60. The predicted molar refractivity (Wildman–Crippen MR) is 84.8 cm³/mol. The average molecular weight is 318 g/mol. The molecule has 0 N–H and O–H groups in total. The number of thioether (sulfide) groups is 1. The van der Waals surface area contributed by atoms with E-state index in [1.165, 1.54) is 11.8 Å². The van der Waals surface area contributed by atoms with E-state index >= 15 is 0 Å². The smallest absolute Gasteiger partial charge is 0.220 e. The Balaban J connectivity index is 2.77. The summed E-state index contributed by atoms with van der Waals surface area (Å²) in [6.45, 7) is 2.36. The molecule has 114 valence electrons. The Bertz CT molecular complexity index is 343. The minimum atomic E-state index is -0.482. The van der Waals surface area contributed by atoms with E-state index in [1.807, 2.05) is 6.26 Å². The Labute approximate surface area is 130 Å². The first-order valence-corrected chi connectivity index (χ1v) is 8.29. The summed E-state index contributed by atoms with van der Waals surface area (Å²) in [6.07, 6.45) is 8.97. The summed E-state index contributed by atoms with van der Waals surface area (Å²) in [5.74, 6) is 2.48. The Morgan fingerprint density at radius 3 is 2.75 bits per heavy atom. The van der Waals surface area contributed by atoms with E-state index in [4.69, 9.17) is 37.6 Å². The van der Waals surface area contributed by atoms with Gasteiger partial charge in [-0.1, -0.05) is 37.4 Å². The van der Waals surface area contributed by atoms with Gasteiger partial charge in [-0.15, -0.1) is 6.42 Å². The van der Waals surface area contributed by atoms with Gasteiger partial charge in [-0.2, -0.15) is 0 Å². The van der Waals surface area contributed by atoms with Crippen molar-refractivity contribution in [1.82, 2.24) is 0 Å². The van der Waals surface area contributed by atoms with Crippen LogP contribution in [-0.2, 0) is 18.9 Å². The molecule has 20 heavy (non-hydrogen) atoms. The summed E-state index contributed by atoms with van der Waals surface area (Å²) in [4.78, 5) is 0. The van der Waals surface area contributed by atoms with Crippen LogP contribution >= 0.6 is 24.0 Å². The molecule has 1 aliphatic heterocycles. The van der Waals surface area contributed by atoms with Crippen LogP contribution < -0.4 is 0 Å². The van der Waals surface area contributed by atoms with Gasteiger partial charge in [0, 0.05) is 7.11 Å². The summed E-state index contributed by atoms with van der Waals surface area (Å²) in [6, 6.07) is 0. The zero-order valence-electron chi connectivity index (χ0n) is 12.2. The van der Waals surface area contributed by atoms with Gasteiger partial charge in [-0.05, 0) is 24.9 Å². The fourth-order valence-electron chi connectivity index (χ4n) is 2.15. The monoisotopic (exact) mass is 318 g/mol. The second-order valence-electron chi connectivity index (χ2n) is 4.44. The van der Waals surface area contributed by atoms with Crippen LogP contribution in [0.5, 0.6) is 0 Å². The molecule has 0 bridgehead atoms. The Kier molecular flexibility index (Phi) is 8.50. The van der Waals surface area contributed by atoms with Crippen LogP contribution in [0.25, 0.3) is 0 Å². The second-order valence-corrected chi connectivity index (χ2v) is 5.85. The van der Waals surface area contributed by atoms with Gasteiger partial charge in [0.15, 0.2) is 12.4 Å². The zero-order chi connectivity index (χ0) is 15.0. The molecule has 1 heterocycles. The number of hydrogen-bond acceptors (Lipinski definition) is 6. The minimum Gasteiger partial charge on any atom is -0.467 e. The van der Waals surface area contributed by atoms with Gasteiger partial charge >= 0.3 is 0 Å². The lowest BCUT2D eigenvalue weighted by Crippen LogP contribution is -2.39. The molecule has 1 rings (SSSR count). The summed E-state index contributed by atoms with van der Waals surface area (Å²) in [5.41, 5.74) is 0. The van der Waals surface area contributed by atoms with E-state index in [0.29, 0.717) is 4.38 Å². The highest BCUT2D eigenvalue weighted by atomic mass is 32.2. The molecule has 0 radical (unpaired) electrons. The van der Waals surface area contributed by atoms with Crippen molar-refractivity contribution < 1.29 is 18.9 Å². The lowest BCUT2D eigenvalue weighted by Gasteiger charge is -2.23. The molecule has 1 saturated heterocycles. The van der Waals surface area contributed by atoms with Crippen LogP contribution in [0.1, 0.15) is 26.2 Å². The molecule has 0 unspecified atom stereocenters. The first kappa shape index (κ1) is 17.7. The molecule has 0 spiro atoms. The molecule has 1 fully saturated rings. The summed E-state index contributed by atoms with van der Waals surface area (Å²) >= 11 is 6.49. The van der Waals surface area contributed by atoms with Gasteiger partial charge in [0.2, 0.25) is 4.38 Å². The maximum atomic E-state index is 5.87. The van der Waals surface area contributed by atoms with E-state index in [9.17, 15) is 0 Å². The molecule has 4 nitrogen and oxygen atoms in total. The zero-order valence-corrected chi connectivity index (χ0v) is 13.8. The van der Waals surface area contributed by atoms with E-state index in [-0.39, 0.29) is 24.9 Å². The quantitative estimate of drug-likeness (QED) is 0.530. The van der Waals surface area contributed by atoms with E-state index in [0.717, 1.165) is 19.3 Å². The largest absolute Gasteiger partial charge is 0.467 e. The van der Waals surface area contributed by atoms with Crippen LogP contribution in [-0.4, -0.2) is 49.0 Å². The topological polar surface area (TPSA) is 36.9 Å². The van der Waals surface area contributed by atoms with Crippen LogP contribution in [0.2, 0.25) is 0 Å². The first-order valence-electron chi connectivity index (χ1n) is 6.65. The molecule has 0 amide bonds. The number of rotatable bonds is 7. The number of methoxy groups -OCH3 is 1. The highest BCUT2D eigenvalue weighted by Crippen LogP contribution is 2.31. The van der Waals surface area contributed by atoms with Gasteiger partial charge in [0.25, 0.3) is 0 Å². The number of thiocarbonyl (C=S) groups is 1. The maximum absolute atomic E-state index is 5.87. The third-order valence-corrected chi connectivity index (χ3v) is 4.13. The molecule has 0 aromatic rings. The molecule has 0 aromatic carbocycles. The molecule has 0 saturated carbocycles. The van der Waals surface area contributed by atoms with E-state index in [1.54, 1.807) is 7.11 Å². The van der Waals surface area contributed by atoms with Crippen molar-refractivity contribution in [2.24, 2.45) is 0 Å². The van der Waals surface area contributed by atoms with Crippen LogP contribution in [0.15, 0.2) is 0 Å². The van der Waals surface area contributed by atoms with Crippen molar-refractivity contribution in [3.05, 3.63) is 0 Å². The summed E-state index contributed by atoms with van der Waals surface area (Å²) < 4.78 is 23.1. The van der Waals surface area contributed by atoms with E-state index in [2.05, 4.69) is 12.8 Å². The normalized spacial score (nSPS) is 29.1. The third kappa shape index (κ3) is 4.90. The van der Waals surface area contributed by atoms with Crippen molar-refractivity contribution >= 4 is 28.4 Å². The Morgan fingerprint density at radius 2 is 2.20 bits per heavy atom. The molecule has 1 aliphatic rings. The van der Waals surface area contributed by atoms with Gasteiger partial charge in [0.05, 0.1) is 6.10 Å². The highest BCUT2D eigenvalue weighted by molar-refractivity contribution is 8.22. The Morgan fingerprint density at radius 1 is 1.45 bits per heavy atom. The molecule has 6 heteroatoms. The average Bonchev–Trinajstić information content (AvgIpc) is 2.79. The maximum Gasteiger partial charge on any atom is 0.220 e. The standard InChI is InChI=1S/C14H22O4S2/c1-5-7-8-10-11(16-9-6-2)12(13(15-3)17-10)18-14(19)20-4/h2,10-13H,5,7-9H2,1,3-4H3/t10-,11+,12-,13-/m1/s1. The molecule has 0 aliphatic carbocycles. The van der Waals surface area contributed by atoms with Crippen LogP contribution in [0.4, 0.5) is 0 Å². The minimum absolute atomic E-state index is 0.0806. The lowest BCUT2D eigenvalue weighted by molar-refractivity contribution is -0.145. The van der Waals surface area contributed by atoms with E-state index < -0.39 is 6.29 Å². The van der Waals surface area contributed by atoms with Crippen molar-refractivity contribution in [2.75, 3.05) is 20.0 Å². The molecular formula is C14H22O4S2. The number of terminal acetylenes is 1. The summed E-state index contributed by atoms with van der Waals surface area (Å²) in [5, 5.41) is 0. The van der Waals surface area contributed by atoms with Crippen LogP contribution in [0.3, 0.4) is 0 Å². The van der Waals surface area contributed by atoms with Crippen molar-refractivity contribution in [2.45, 2.75) is 50.8 Å². The fraction of sp³-hybridized carbons (Fsp3) is 0.786. The van der Waals surface area contributed by atoms with Gasteiger partial charge < -0.3 is 18.9 Å². The van der Waals surface area contributed by atoms with Crippen molar-refractivity contribution in [3.8, 4) is 12.3 Å². The second kappa shape index (κ2) is 9.59. The first-order chi connectivity index (χ1) is 9.67. The molecular weight excluding hydrogens is 296 g/mol. The number of ether oxygens (including phenoxy) is 4. The van der Waals surface area contributed by atoms with Gasteiger partial charge in [-0.25, -0.2) is 0 Å². The van der Waals surface area contributed by atoms with Crippen molar-refractivity contribution in [1.29, 1.82) is 0 Å². The highest BCUT2D eigenvalue weighted by Gasteiger charge is 2.47. The molecule has 0 aromatic heterocycles. The summed E-state index contributed by atoms with van der Waals surface area (Å²) in [7, 11) is 1.59. The number of hydrogen-bond donors (Lipinski definition) is 0. The fourth-order valence-corrected chi connectivity index (χ4v) is 2.47. The lowest BCUT2D eigenvalue weighted by atomic mass is 10.1.